The van der Waals surface area contributed by atoms with Crippen molar-refractivity contribution >= 4 is 24.0 Å². The molecule has 1 atom stereocenters. The van der Waals surface area contributed by atoms with Crippen LogP contribution in [-0.2, 0) is 11.3 Å². The summed E-state index contributed by atoms with van der Waals surface area (Å²) in [5.74, 6) is 0.269. The molecule has 1 aromatic carbocycles. The number of hydrogen-bond donors (Lipinski definition) is 2. The number of carbonyl (C=O) groups excluding carboxylic acids is 1. The normalized spacial score (nSPS) is 11.8. The second-order valence-corrected chi connectivity index (χ2v) is 5.22. The Labute approximate surface area is 130 Å². The minimum absolute atomic E-state index is 0. The molecule has 1 unspecified atom stereocenters. The zero-order valence-electron chi connectivity index (χ0n) is 12.2. The summed E-state index contributed by atoms with van der Waals surface area (Å²) < 4.78 is 1.81. The summed E-state index contributed by atoms with van der Waals surface area (Å²) >= 11 is 0. The number of rotatable bonds is 5. The lowest BCUT2D eigenvalue weighted by molar-refractivity contribution is -0.117. The van der Waals surface area contributed by atoms with Crippen molar-refractivity contribution in [2.75, 3.05) is 5.32 Å². The molecule has 0 saturated heterocycles. The van der Waals surface area contributed by atoms with Gasteiger partial charge in [0.25, 0.3) is 0 Å². The molecule has 21 heavy (non-hydrogen) atoms. The number of carbonyl (C=O) groups is 1. The molecule has 0 fully saturated rings. The molecule has 0 spiro atoms. The predicted octanol–water partition coefficient (Wildman–Crippen LogP) is 2.60. The van der Waals surface area contributed by atoms with Gasteiger partial charge in [-0.1, -0.05) is 44.2 Å². The molecule has 1 heterocycles. The average Bonchev–Trinajstić information content (AvgIpc) is 2.85. The highest BCUT2D eigenvalue weighted by Crippen LogP contribution is 2.13. The molecule has 114 valence electrons. The van der Waals surface area contributed by atoms with Crippen LogP contribution in [0.1, 0.15) is 25.5 Å². The molecular formula is C15H21ClN4O. The summed E-state index contributed by atoms with van der Waals surface area (Å²) in [5, 5.41) is 6.99. The van der Waals surface area contributed by atoms with E-state index in [0.717, 1.165) is 12.1 Å². The van der Waals surface area contributed by atoms with Crippen molar-refractivity contribution in [3.05, 3.63) is 48.3 Å². The standard InChI is InChI=1S/C15H20N4O.ClH/c1-11(2)9-19-10-13(8-17-19)18-15(20)14(16)12-6-4-3-5-7-12;/h3-8,10-11,14H,9,16H2,1-2H3,(H,18,20);1H. The first-order valence-electron chi connectivity index (χ1n) is 6.70. The summed E-state index contributed by atoms with van der Waals surface area (Å²) in [7, 11) is 0. The largest absolute Gasteiger partial charge is 0.322 e. The molecule has 0 saturated carbocycles. The lowest BCUT2D eigenvalue weighted by atomic mass is 10.1. The van der Waals surface area contributed by atoms with Crippen molar-refractivity contribution in [3.63, 3.8) is 0 Å². The van der Waals surface area contributed by atoms with E-state index in [9.17, 15) is 4.79 Å². The van der Waals surface area contributed by atoms with Crippen molar-refractivity contribution in [3.8, 4) is 0 Å². The van der Waals surface area contributed by atoms with Gasteiger partial charge in [-0.25, -0.2) is 0 Å². The Morgan fingerprint density at radius 2 is 2.00 bits per heavy atom. The number of benzene rings is 1. The average molecular weight is 309 g/mol. The maximum Gasteiger partial charge on any atom is 0.245 e. The zero-order valence-corrected chi connectivity index (χ0v) is 13.0. The van der Waals surface area contributed by atoms with Gasteiger partial charge in [-0.15, -0.1) is 12.4 Å². The minimum atomic E-state index is -0.676. The SMILES string of the molecule is CC(C)Cn1cc(NC(=O)C(N)c2ccccc2)cn1.Cl. The first kappa shape index (κ1) is 17.2. The van der Waals surface area contributed by atoms with E-state index in [2.05, 4.69) is 24.3 Å². The maximum atomic E-state index is 12.1. The monoisotopic (exact) mass is 308 g/mol. The molecule has 5 nitrogen and oxygen atoms in total. The molecule has 2 rings (SSSR count). The molecule has 1 amide bonds. The van der Waals surface area contributed by atoms with Crippen LogP contribution in [0.5, 0.6) is 0 Å². The van der Waals surface area contributed by atoms with Crippen LogP contribution in [0.25, 0.3) is 0 Å². The predicted molar refractivity (Wildman–Crippen MR) is 86.3 cm³/mol. The third-order valence-corrected chi connectivity index (χ3v) is 2.89. The van der Waals surface area contributed by atoms with Gasteiger partial charge >= 0.3 is 0 Å². The fourth-order valence-corrected chi connectivity index (χ4v) is 1.93. The first-order valence-corrected chi connectivity index (χ1v) is 6.70. The highest BCUT2D eigenvalue weighted by molar-refractivity contribution is 5.95. The Morgan fingerprint density at radius 1 is 1.33 bits per heavy atom. The summed E-state index contributed by atoms with van der Waals surface area (Å²) in [6.07, 6.45) is 3.45. The molecule has 1 aromatic heterocycles. The Balaban J connectivity index is 0.00000220. The van der Waals surface area contributed by atoms with Gasteiger partial charge in [0.15, 0.2) is 0 Å². The highest BCUT2D eigenvalue weighted by Gasteiger charge is 2.16. The molecule has 0 aliphatic heterocycles. The number of nitrogens with zero attached hydrogens (tertiary/aromatic N) is 2. The van der Waals surface area contributed by atoms with E-state index in [-0.39, 0.29) is 18.3 Å². The Kier molecular flexibility index (Phi) is 6.39. The third-order valence-electron chi connectivity index (χ3n) is 2.89. The van der Waals surface area contributed by atoms with Crippen molar-refractivity contribution in [1.82, 2.24) is 9.78 Å². The maximum absolute atomic E-state index is 12.1. The van der Waals surface area contributed by atoms with Gasteiger partial charge < -0.3 is 11.1 Å². The topological polar surface area (TPSA) is 72.9 Å². The Bertz CT molecular complexity index is 568. The lowest BCUT2D eigenvalue weighted by Crippen LogP contribution is -2.27. The molecule has 0 aliphatic carbocycles. The van der Waals surface area contributed by atoms with Gasteiger partial charge in [0, 0.05) is 12.7 Å². The molecular weight excluding hydrogens is 288 g/mol. The fourth-order valence-electron chi connectivity index (χ4n) is 1.93. The summed E-state index contributed by atoms with van der Waals surface area (Å²) in [5.41, 5.74) is 7.39. The molecule has 3 N–H and O–H groups in total. The van der Waals surface area contributed by atoms with Gasteiger partial charge in [-0.05, 0) is 11.5 Å². The minimum Gasteiger partial charge on any atom is -0.322 e. The second kappa shape index (κ2) is 7.81. The number of nitrogens with one attached hydrogen (secondary N) is 1. The second-order valence-electron chi connectivity index (χ2n) is 5.22. The van der Waals surface area contributed by atoms with Crippen LogP contribution in [0.3, 0.4) is 0 Å². The van der Waals surface area contributed by atoms with Crippen molar-refractivity contribution in [2.45, 2.75) is 26.4 Å². The summed E-state index contributed by atoms with van der Waals surface area (Å²) in [4.78, 5) is 12.1. The van der Waals surface area contributed by atoms with Crippen LogP contribution >= 0.6 is 12.4 Å². The van der Waals surface area contributed by atoms with Crippen LogP contribution in [0.2, 0.25) is 0 Å². The Hall–Kier alpha value is -1.85. The number of amides is 1. The van der Waals surface area contributed by atoms with Crippen molar-refractivity contribution in [2.24, 2.45) is 11.7 Å². The van der Waals surface area contributed by atoms with Crippen LogP contribution in [-0.4, -0.2) is 15.7 Å². The van der Waals surface area contributed by atoms with E-state index < -0.39 is 6.04 Å². The van der Waals surface area contributed by atoms with Gasteiger partial charge in [-0.2, -0.15) is 5.10 Å². The van der Waals surface area contributed by atoms with E-state index in [1.807, 2.05) is 41.2 Å². The van der Waals surface area contributed by atoms with Crippen LogP contribution in [0.15, 0.2) is 42.7 Å². The molecule has 2 aromatic rings. The van der Waals surface area contributed by atoms with Crippen LogP contribution in [0, 0.1) is 5.92 Å². The van der Waals surface area contributed by atoms with Gasteiger partial charge in [-0.3, -0.25) is 9.48 Å². The lowest BCUT2D eigenvalue weighted by Gasteiger charge is -2.11. The number of aromatic nitrogens is 2. The summed E-state index contributed by atoms with van der Waals surface area (Å²) in [6, 6.07) is 8.62. The van der Waals surface area contributed by atoms with E-state index in [4.69, 9.17) is 5.73 Å². The van der Waals surface area contributed by atoms with Crippen molar-refractivity contribution in [1.29, 1.82) is 0 Å². The number of nitrogens with two attached hydrogens (primary N) is 1. The summed E-state index contributed by atoms with van der Waals surface area (Å²) in [6.45, 7) is 5.05. The van der Waals surface area contributed by atoms with E-state index in [0.29, 0.717) is 11.6 Å². The van der Waals surface area contributed by atoms with Crippen LogP contribution < -0.4 is 11.1 Å². The van der Waals surface area contributed by atoms with E-state index >= 15 is 0 Å². The molecule has 6 heteroatoms. The van der Waals surface area contributed by atoms with Gasteiger partial charge in [0.1, 0.15) is 6.04 Å². The molecule has 0 bridgehead atoms. The highest BCUT2D eigenvalue weighted by atomic mass is 35.5. The quantitative estimate of drug-likeness (QED) is 0.891. The smallest absolute Gasteiger partial charge is 0.245 e. The third kappa shape index (κ3) is 4.88. The number of halogens is 1. The number of hydrogen-bond acceptors (Lipinski definition) is 3. The fraction of sp³-hybridized carbons (Fsp3) is 0.333. The van der Waals surface area contributed by atoms with E-state index in [1.54, 1.807) is 6.20 Å². The van der Waals surface area contributed by atoms with Gasteiger partial charge in [0.2, 0.25) is 5.91 Å². The molecule has 0 aliphatic rings. The Morgan fingerprint density at radius 3 is 2.62 bits per heavy atom. The van der Waals surface area contributed by atoms with E-state index in [1.165, 1.54) is 0 Å². The zero-order chi connectivity index (χ0) is 14.5. The first-order chi connectivity index (χ1) is 9.56. The van der Waals surface area contributed by atoms with Gasteiger partial charge in [0.05, 0.1) is 11.9 Å². The van der Waals surface area contributed by atoms with Crippen molar-refractivity contribution < 1.29 is 4.79 Å². The number of anilines is 1. The van der Waals surface area contributed by atoms with Crippen LogP contribution in [0.4, 0.5) is 5.69 Å². The molecule has 0 radical (unpaired) electrons.